The molecule has 1 heteroatoms. The second-order valence-corrected chi connectivity index (χ2v) is 4.25. The normalized spacial score (nSPS) is 10.2. The summed E-state index contributed by atoms with van der Waals surface area (Å²) in [6, 6.07) is 10.7. The van der Waals surface area contributed by atoms with Gasteiger partial charge in [-0.15, -0.1) is 0 Å². The van der Waals surface area contributed by atoms with E-state index in [1.165, 1.54) is 44.1 Å². The lowest BCUT2D eigenvalue weighted by Crippen LogP contribution is -1.86. The standard InChI is InChI=1S/C15H21O/c16-14-10-5-3-1-2-4-7-11-15-12-8-6-9-13-15/h6,8-9,12-13H,1-5,7,10-11H2. The Morgan fingerprint density at radius 2 is 1.44 bits per heavy atom. The average Bonchev–Trinajstić information content (AvgIpc) is 2.34. The predicted molar refractivity (Wildman–Crippen MR) is 68.2 cm³/mol. The molecule has 0 saturated heterocycles. The second kappa shape index (κ2) is 9.14. The molecular formula is C15H21O. The fraction of sp³-hybridized carbons (Fsp3) is 0.533. The Labute approximate surface area is 98.9 Å². The van der Waals surface area contributed by atoms with Crippen LogP contribution in [0.4, 0.5) is 0 Å². The molecule has 0 saturated carbocycles. The van der Waals surface area contributed by atoms with Gasteiger partial charge in [-0.25, -0.2) is 0 Å². The first-order valence-corrected chi connectivity index (χ1v) is 6.32. The van der Waals surface area contributed by atoms with Crippen molar-refractivity contribution < 1.29 is 4.79 Å². The third kappa shape index (κ3) is 6.39. The molecule has 0 fully saturated rings. The molecule has 0 atom stereocenters. The van der Waals surface area contributed by atoms with E-state index in [1.807, 2.05) is 6.29 Å². The Bertz CT molecular complexity index is 266. The minimum atomic E-state index is 0.615. The van der Waals surface area contributed by atoms with Gasteiger partial charge in [0, 0.05) is 6.42 Å². The molecule has 0 heterocycles. The first-order chi connectivity index (χ1) is 7.93. The van der Waals surface area contributed by atoms with Crippen molar-refractivity contribution in [1.82, 2.24) is 0 Å². The highest BCUT2D eigenvalue weighted by atomic mass is 16.1. The van der Waals surface area contributed by atoms with Crippen LogP contribution < -0.4 is 0 Å². The van der Waals surface area contributed by atoms with Gasteiger partial charge in [0.25, 0.3) is 0 Å². The van der Waals surface area contributed by atoms with Crippen molar-refractivity contribution in [3.63, 3.8) is 0 Å². The van der Waals surface area contributed by atoms with Crippen LogP contribution in [0.5, 0.6) is 0 Å². The molecule has 1 rings (SSSR count). The van der Waals surface area contributed by atoms with Crippen molar-refractivity contribution in [2.75, 3.05) is 0 Å². The van der Waals surface area contributed by atoms with E-state index in [9.17, 15) is 4.79 Å². The number of rotatable bonds is 9. The number of hydrogen-bond acceptors (Lipinski definition) is 1. The Balaban J connectivity index is 1.90. The maximum atomic E-state index is 9.97. The van der Waals surface area contributed by atoms with Crippen LogP contribution in [0.2, 0.25) is 0 Å². The predicted octanol–water partition coefficient (Wildman–Crippen LogP) is 4.07. The van der Waals surface area contributed by atoms with Crippen molar-refractivity contribution >= 4 is 6.29 Å². The van der Waals surface area contributed by atoms with Crippen LogP contribution in [0.15, 0.2) is 30.3 Å². The van der Waals surface area contributed by atoms with Gasteiger partial charge < -0.3 is 0 Å². The highest BCUT2D eigenvalue weighted by molar-refractivity contribution is 5.50. The number of aryl methyl sites for hydroxylation is 1. The summed E-state index contributed by atoms with van der Waals surface area (Å²) in [6.07, 6.45) is 11.1. The molecule has 0 amide bonds. The SMILES string of the molecule is O=[C]CCCCCCCCc1ccccc1. The molecular weight excluding hydrogens is 196 g/mol. The zero-order valence-electron chi connectivity index (χ0n) is 9.95. The van der Waals surface area contributed by atoms with Gasteiger partial charge in [0.15, 0.2) is 6.29 Å². The van der Waals surface area contributed by atoms with Gasteiger partial charge in [0.05, 0.1) is 0 Å². The summed E-state index contributed by atoms with van der Waals surface area (Å²) in [4.78, 5) is 9.97. The molecule has 1 aromatic carbocycles. The lowest BCUT2D eigenvalue weighted by Gasteiger charge is -2.01. The van der Waals surface area contributed by atoms with Crippen LogP contribution >= 0.6 is 0 Å². The van der Waals surface area contributed by atoms with E-state index < -0.39 is 0 Å². The summed E-state index contributed by atoms with van der Waals surface area (Å²) in [6.45, 7) is 0. The number of carbonyl (C=O) groups excluding carboxylic acids is 1. The number of unbranched alkanes of at least 4 members (excludes halogenated alkanes) is 6. The van der Waals surface area contributed by atoms with Gasteiger partial charge in [-0.1, -0.05) is 56.0 Å². The lowest BCUT2D eigenvalue weighted by molar-refractivity contribution is 0.541. The molecule has 1 nitrogen and oxygen atoms in total. The average molecular weight is 217 g/mol. The van der Waals surface area contributed by atoms with Crippen molar-refractivity contribution in [1.29, 1.82) is 0 Å². The van der Waals surface area contributed by atoms with Crippen LogP contribution in [-0.4, -0.2) is 6.29 Å². The van der Waals surface area contributed by atoms with Crippen LogP contribution in [0.3, 0.4) is 0 Å². The summed E-state index contributed by atoms with van der Waals surface area (Å²) < 4.78 is 0. The maximum Gasteiger partial charge on any atom is 0.198 e. The number of benzene rings is 1. The summed E-state index contributed by atoms with van der Waals surface area (Å²) in [5.41, 5.74) is 1.44. The zero-order chi connectivity index (χ0) is 11.5. The lowest BCUT2D eigenvalue weighted by atomic mass is 10.0. The zero-order valence-corrected chi connectivity index (χ0v) is 9.95. The topological polar surface area (TPSA) is 17.1 Å². The summed E-state index contributed by atoms with van der Waals surface area (Å²) in [5, 5.41) is 0. The van der Waals surface area contributed by atoms with Gasteiger partial charge >= 0.3 is 0 Å². The van der Waals surface area contributed by atoms with Crippen LogP contribution in [0, 0.1) is 0 Å². The summed E-state index contributed by atoms with van der Waals surface area (Å²) in [7, 11) is 0. The van der Waals surface area contributed by atoms with Gasteiger partial charge in [0.1, 0.15) is 0 Å². The van der Waals surface area contributed by atoms with E-state index in [0.717, 1.165) is 6.42 Å². The van der Waals surface area contributed by atoms with Gasteiger partial charge in [-0.05, 0) is 24.8 Å². The van der Waals surface area contributed by atoms with E-state index in [1.54, 1.807) is 0 Å². The summed E-state index contributed by atoms with van der Waals surface area (Å²) >= 11 is 0. The molecule has 0 aliphatic rings. The van der Waals surface area contributed by atoms with E-state index in [4.69, 9.17) is 0 Å². The largest absolute Gasteiger partial charge is 0.291 e. The molecule has 87 valence electrons. The van der Waals surface area contributed by atoms with Gasteiger partial charge in [-0.3, -0.25) is 4.79 Å². The smallest absolute Gasteiger partial charge is 0.198 e. The van der Waals surface area contributed by atoms with E-state index in [0.29, 0.717) is 6.42 Å². The molecule has 1 radical (unpaired) electrons. The van der Waals surface area contributed by atoms with Crippen LogP contribution in [0.1, 0.15) is 50.5 Å². The molecule has 1 aromatic rings. The Kier molecular flexibility index (Phi) is 7.40. The monoisotopic (exact) mass is 217 g/mol. The first kappa shape index (κ1) is 13.0. The Morgan fingerprint density at radius 1 is 0.812 bits per heavy atom. The molecule has 0 N–H and O–H groups in total. The summed E-state index contributed by atoms with van der Waals surface area (Å²) in [5.74, 6) is 0. The van der Waals surface area contributed by atoms with E-state index in [-0.39, 0.29) is 0 Å². The molecule has 0 aliphatic heterocycles. The second-order valence-electron chi connectivity index (χ2n) is 4.25. The van der Waals surface area contributed by atoms with E-state index in [2.05, 4.69) is 30.3 Å². The van der Waals surface area contributed by atoms with Crippen LogP contribution in [0.25, 0.3) is 0 Å². The molecule has 0 aromatic heterocycles. The molecule has 0 spiro atoms. The highest BCUT2D eigenvalue weighted by Crippen LogP contribution is 2.10. The highest BCUT2D eigenvalue weighted by Gasteiger charge is 1.93. The fourth-order valence-corrected chi connectivity index (χ4v) is 1.88. The molecule has 0 aliphatic carbocycles. The fourth-order valence-electron chi connectivity index (χ4n) is 1.88. The first-order valence-electron chi connectivity index (χ1n) is 6.32. The van der Waals surface area contributed by atoms with Crippen LogP contribution in [-0.2, 0) is 11.2 Å². The van der Waals surface area contributed by atoms with Gasteiger partial charge in [-0.2, -0.15) is 0 Å². The number of hydrogen-bond donors (Lipinski definition) is 0. The van der Waals surface area contributed by atoms with Crippen molar-refractivity contribution in [2.45, 2.75) is 51.4 Å². The van der Waals surface area contributed by atoms with E-state index >= 15 is 0 Å². The third-order valence-electron chi connectivity index (χ3n) is 2.84. The minimum Gasteiger partial charge on any atom is -0.291 e. The Morgan fingerprint density at radius 3 is 2.12 bits per heavy atom. The third-order valence-corrected chi connectivity index (χ3v) is 2.84. The van der Waals surface area contributed by atoms with Crippen molar-refractivity contribution in [2.24, 2.45) is 0 Å². The molecule has 0 unspecified atom stereocenters. The minimum absolute atomic E-state index is 0.615. The van der Waals surface area contributed by atoms with Crippen molar-refractivity contribution in [3.05, 3.63) is 35.9 Å². The van der Waals surface area contributed by atoms with Crippen molar-refractivity contribution in [3.8, 4) is 0 Å². The molecule has 16 heavy (non-hydrogen) atoms. The molecule has 0 bridgehead atoms. The Hall–Kier alpha value is -1.11. The maximum absolute atomic E-state index is 9.97. The van der Waals surface area contributed by atoms with Gasteiger partial charge in [0.2, 0.25) is 0 Å². The quantitative estimate of drug-likeness (QED) is 0.570.